The fourth-order valence-electron chi connectivity index (χ4n) is 2.47. The number of hydrogen-bond donors (Lipinski definition) is 0. The number of quaternary nitrogens is 1. The van der Waals surface area contributed by atoms with Crippen LogP contribution in [0.4, 0.5) is 0 Å². The summed E-state index contributed by atoms with van der Waals surface area (Å²) in [6.07, 6.45) is 1.94. The molecule has 19 heavy (non-hydrogen) atoms. The van der Waals surface area contributed by atoms with Crippen LogP contribution < -0.4 is 0 Å². The first kappa shape index (κ1) is 13.6. The summed E-state index contributed by atoms with van der Waals surface area (Å²) in [5, 5.41) is 0. The zero-order valence-corrected chi connectivity index (χ0v) is 11.8. The maximum Gasteiger partial charge on any atom is 0.105 e. The van der Waals surface area contributed by atoms with E-state index < -0.39 is 0 Å². The van der Waals surface area contributed by atoms with Crippen molar-refractivity contribution >= 4 is 6.08 Å². The summed E-state index contributed by atoms with van der Waals surface area (Å²) in [6.45, 7) is 5.94. The molecule has 0 atom stereocenters. The summed E-state index contributed by atoms with van der Waals surface area (Å²) in [4.78, 5) is 0. The second-order valence-corrected chi connectivity index (χ2v) is 5.64. The lowest BCUT2D eigenvalue weighted by Gasteiger charge is -2.30. The lowest BCUT2D eigenvalue weighted by atomic mass is 10.1. The quantitative estimate of drug-likeness (QED) is 0.703. The molecule has 0 heterocycles. The molecule has 0 aliphatic rings. The fraction of sp³-hybridized carbons (Fsp3) is 0.222. The number of nitrogens with zero attached hydrogens (tertiary/aromatic N) is 1. The van der Waals surface area contributed by atoms with Crippen LogP contribution in [0.15, 0.2) is 61.2 Å². The minimum Gasteiger partial charge on any atom is -0.321 e. The molecular weight excluding hydrogens is 230 g/mol. The minimum absolute atomic E-state index is 0.939. The second kappa shape index (κ2) is 5.85. The van der Waals surface area contributed by atoms with Gasteiger partial charge in [0.05, 0.1) is 14.1 Å². The van der Waals surface area contributed by atoms with E-state index in [0.717, 1.165) is 17.6 Å². The summed E-state index contributed by atoms with van der Waals surface area (Å²) in [6, 6.07) is 19.2. The van der Waals surface area contributed by atoms with Crippen molar-refractivity contribution in [2.24, 2.45) is 0 Å². The maximum absolute atomic E-state index is 3.90. The molecule has 98 valence electrons. The highest BCUT2D eigenvalue weighted by atomic mass is 15.3. The highest BCUT2D eigenvalue weighted by Crippen LogP contribution is 2.18. The Balaban J connectivity index is 2.14. The predicted molar refractivity (Wildman–Crippen MR) is 82.5 cm³/mol. The van der Waals surface area contributed by atoms with Crippen LogP contribution >= 0.6 is 0 Å². The van der Waals surface area contributed by atoms with E-state index in [2.05, 4.69) is 75.3 Å². The average molecular weight is 252 g/mol. The summed E-state index contributed by atoms with van der Waals surface area (Å²) in [5.41, 5.74) is 3.98. The summed E-state index contributed by atoms with van der Waals surface area (Å²) in [7, 11) is 4.54. The van der Waals surface area contributed by atoms with Gasteiger partial charge in [0.15, 0.2) is 0 Å². The Morgan fingerprint density at radius 2 is 1.53 bits per heavy atom. The molecule has 0 N–H and O–H groups in total. The molecule has 1 nitrogen and oxygen atoms in total. The molecular formula is C18H22N+. The first-order valence-electron chi connectivity index (χ1n) is 6.67. The molecule has 0 unspecified atom stereocenters. The van der Waals surface area contributed by atoms with Crippen molar-refractivity contribution in [2.45, 2.75) is 13.1 Å². The van der Waals surface area contributed by atoms with Crippen molar-refractivity contribution in [1.82, 2.24) is 0 Å². The Bertz CT molecular complexity index is 541. The molecule has 0 amide bonds. The van der Waals surface area contributed by atoms with E-state index in [1.165, 1.54) is 16.7 Å². The van der Waals surface area contributed by atoms with E-state index in [0.29, 0.717) is 0 Å². The zero-order valence-electron chi connectivity index (χ0n) is 11.8. The maximum atomic E-state index is 3.90. The minimum atomic E-state index is 0.939. The largest absolute Gasteiger partial charge is 0.321 e. The van der Waals surface area contributed by atoms with E-state index in [-0.39, 0.29) is 0 Å². The van der Waals surface area contributed by atoms with Gasteiger partial charge in [0.2, 0.25) is 0 Å². The van der Waals surface area contributed by atoms with Crippen LogP contribution in [0.25, 0.3) is 6.08 Å². The number of benzene rings is 2. The van der Waals surface area contributed by atoms with Crippen LogP contribution in [0.2, 0.25) is 0 Å². The summed E-state index contributed by atoms with van der Waals surface area (Å²) in [5.74, 6) is 0. The Labute approximate surface area is 116 Å². The molecule has 0 bridgehead atoms. The van der Waals surface area contributed by atoms with E-state index >= 15 is 0 Å². The van der Waals surface area contributed by atoms with Gasteiger partial charge in [-0.2, -0.15) is 0 Å². The fourth-order valence-corrected chi connectivity index (χ4v) is 2.47. The van der Waals surface area contributed by atoms with Crippen molar-refractivity contribution < 1.29 is 4.48 Å². The average Bonchev–Trinajstić information content (AvgIpc) is 2.39. The van der Waals surface area contributed by atoms with Crippen molar-refractivity contribution in [3.8, 4) is 0 Å². The Morgan fingerprint density at radius 3 is 2.21 bits per heavy atom. The summed E-state index contributed by atoms with van der Waals surface area (Å²) >= 11 is 0. The first-order valence-corrected chi connectivity index (χ1v) is 6.67. The molecule has 0 saturated heterocycles. The second-order valence-electron chi connectivity index (χ2n) is 5.64. The number of rotatable bonds is 5. The van der Waals surface area contributed by atoms with Gasteiger partial charge in [-0.3, -0.25) is 0 Å². The Hall–Kier alpha value is -1.86. The van der Waals surface area contributed by atoms with Crippen molar-refractivity contribution in [2.75, 3.05) is 14.1 Å². The molecule has 0 fully saturated rings. The molecule has 2 aromatic rings. The van der Waals surface area contributed by atoms with Gasteiger partial charge < -0.3 is 4.48 Å². The molecule has 0 radical (unpaired) electrons. The van der Waals surface area contributed by atoms with Crippen molar-refractivity contribution in [3.63, 3.8) is 0 Å². The molecule has 0 saturated carbocycles. The van der Waals surface area contributed by atoms with Gasteiger partial charge >= 0.3 is 0 Å². The molecule has 0 aromatic heterocycles. The highest BCUT2D eigenvalue weighted by Gasteiger charge is 2.17. The van der Waals surface area contributed by atoms with E-state index in [1.807, 2.05) is 6.08 Å². The normalized spacial score (nSPS) is 11.3. The highest BCUT2D eigenvalue weighted by molar-refractivity contribution is 5.51. The Morgan fingerprint density at radius 1 is 0.895 bits per heavy atom. The standard InChI is InChI=1S/C18H22N/c1-4-17-12-8-9-13-18(17)15-19(2,3)14-16-10-6-5-7-11-16/h4-13H,1,14-15H2,2-3H3/q+1. The monoisotopic (exact) mass is 252 g/mol. The van der Waals surface area contributed by atoms with Crippen LogP contribution in [0.3, 0.4) is 0 Å². The van der Waals surface area contributed by atoms with Crippen LogP contribution in [-0.2, 0) is 13.1 Å². The first-order chi connectivity index (χ1) is 9.11. The zero-order chi connectivity index (χ0) is 13.7. The lowest BCUT2D eigenvalue weighted by molar-refractivity contribution is -0.916. The van der Waals surface area contributed by atoms with Crippen molar-refractivity contribution in [1.29, 1.82) is 0 Å². The third-order valence-corrected chi connectivity index (χ3v) is 3.33. The van der Waals surface area contributed by atoms with E-state index in [4.69, 9.17) is 0 Å². The van der Waals surface area contributed by atoms with Crippen LogP contribution in [0.5, 0.6) is 0 Å². The predicted octanol–water partition coefficient (Wildman–Crippen LogP) is 4.11. The van der Waals surface area contributed by atoms with E-state index in [9.17, 15) is 0 Å². The third-order valence-electron chi connectivity index (χ3n) is 3.33. The van der Waals surface area contributed by atoms with Crippen LogP contribution in [0.1, 0.15) is 16.7 Å². The lowest BCUT2D eigenvalue weighted by Crippen LogP contribution is -2.38. The van der Waals surface area contributed by atoms with Gasteiger partial charge in [0.25, 0.3) is 0 Å². The molecule has 1 heteroatoms. The van der Waals surface area contributed by atoms with Gasteiger partial charge in [-0.25, -0.2) is 0 Å². The van der Waals surface area contributed by atoms with Gasteiger partial charge in [-0.1, -0.05) is 67.3 Å². The molecule has 2 aromatic carbocycles. The van der Waals surface area contributed by atoms with Crippen LogP contribution in [0, 0.1) is 0 Å². The van der Waals surface area contributed by atoms with Crippen LogP contribution in [-0.4, -0.2) is 18.6 Å². The smallest absolute Gasteiger partial charge is 0.105 e. The topological polar surface area (TPSA) is 0 Å². The summed E-state index contributed by atoms with van der Waals surface area (Å²) < 4.78 is 0.939. The van der Waals surface area contributed by atoms with Crippen molar-refractivity contribution in [3.05, 3.63) is 77.9 Å². The molecule has 0 spiro atoms. The molecule has 0 aliphatic heterocycles. The van der Waals surface area contributed by atoms with Gasteiger partial charge in [-0.15, -0.1) is 0 Å². The Kier molecular flexibility index (Phi) is 4.18. The van der Waals surface area contributed by atoms with Gasteiger partial charge in [0, 0.05) is 11.1 Å². The molecule has 0 aliphatic carbocycles. The SMILES string of the molecule is C=Cc1ccccc1C[N+](C)(C)Cc1ccccc1. The van der Waals surface area contributed by atoms with Gasteiger partial charge in [0.1, 0.15) is 13.1 Å². The molecule has 2 rings (SSSR count). The number of hydrogen-bond acceptors (Lipinski definition) is 0. The third kappa shape index (κ3) is 3.80. The van der Waals surface area contributed by atoms with Gasteiger partial charge in [-0.05, 0) is 5.56 Å². The van der Waals surface area contributed by atoms with E-state index in [1.54, 1.807) is 0 Å².